The molecule has 7 heteroatoms. The minimum atomic E-state index is -0.240. The molecule has 2 heterocycles. The molecule has 0 radical (unpaired) electrons. The number of Topliss-reactive ketones (excluding diaryl/α,β-unsaturated/α-hetero) is 1. The van der Waals surface area contributed by atoms with Crippen LogP contribution < -0.4 is 5.32 Å². The molecule has 1 aromatic carbocycles. The Balaban J connectivity index is 1.60. The molecule has 2 fully saturated rings. The predicted octanol–water partition coefficient (Wildman–Crippen LogP) is 4.41. The Morgan fingerprint density at radius 2 is 1.81 bits per heavy atom. The number of likely N-dealkylation sites (N-methyl/N-ethyl adjacent to an activating group) is 1. The molecule has 37 heavy (non-hydrogen) atoms. The molecule has 202 valence electrons. The van der Waals surface area contributed by atoms with Gasteiger partial charge in [0, 0.05) is 62.7 Å². The van der Waals surface area contributed by atoms with Crippen LogP contribution in [0.1, 0.15) is 74.2 Å². The lowest BCUT2D eigenvalue weighted by Crippen LogP contribution is -2.45. The van der Waals surface area contributed by atoms with Crippen LogP contribution in [0.15, 0.2) is 24.4 Å². The second-order valence-corrected chi connectivity index (χ2v) is 11.4. The summed E-state index contributed by atoms with van der Waals surface area (Å²) >= 11 is 0. The Bertz CT molecular complexity index is 1130. The van der Waals surface area contributed by atoms with Gasteiger partial charge in [0.15, 0.2) is 0 Å². The molecule has 0 spiro atoms. The first-order valence-corrected chi connectivity index (χ1v) is 14.0. The van der Waals surface area contributed by atoms with Crippen molar-refractivity contribution in [3.8, 4) is 0 Å². The van der Waals surface area contributed by atoms with Crippen molar-refractivity contribution < 1.29 is 14.4 Å². The molecule has 1 aromatic heterocycles. The number of aromatic nitrogens is 1. The number of hydrogen-bond donors (Lipinski definition) is 1. The van der Waals surface area contributed by atoms with E-state index >= 15 is 0 Å². The van der Waals surface area contributed by atoms with Gasteiger partial charge in [-0.25, -0.2) is 0 Å². The van der Waals surface area contributed by atoms with E-state index < -0.39 is 0 Å². The summed E-state index contributed by atoms with van der Waals surface area (Å²) in [5, 5.41) is 4.01. The summed E-state index contributed by atoms with van der Waals surface area (Å²) < 4.78 is 2.16. The monoisotopic (exact) mass is 508 g/mol. The van der Waals surface area contributed by atoms with Gasteiger partial charge >= 0.3 is 0 Å². The zero-order valence-corrected chi connectivity index (χ0v) is 23.3. The molecule has 1 N–H and O–H groups in total. The van der Waals surface area contributed by atoms with Gasteiger partial charge in [0.2, 0.25) is 5.91 Å². The van der Waals surface area contributed by atoms with Crippen molar-refractivity contribution in [2.45, 2.75) is 83.8 Å². The van der Waals surface area contributed by atoms with Gasteiger partial charge in [0.1, 0.15) is 5.78 Å². The van der Waals surface area contributed by atoms with Crippen LogP contribution in [0.25, 0.3) is 10.9 Å². The van der Waals surface area contributed by atoms with E-state index in [1.807, 2.05) is 20.0 Å². The van der Waals surface area contributed by atoms with E-state index in [1.54, 1.807) is 26.0 Å². The van der Waals surface area contributed by atoms with Crippen molar-refractivity contribution >= 4 is 28.5 Å². The number of likely N-dealkylation sites (tertiary alicyclic amines) is 1. The molecule has 1 saturated heterocycles. The van der Waals surface area contributed by atoms with Crippen molar-refractivity contribution in [2.24, 2.45) is 11.8 Å². The number of nitrogens with one attached hydrogen (secondary N) is 1. The second-order valence-electron chi connectivity index (χ2n) is 11.4. The molecule has 4 rings (SSSR count). The van der Waals surface area contributed by atoms with Gasteiger partial charge in [0.25, 0.3) is 5.91 Å². The average Bonchev–Trinajstić information content (AvgIpc) is 3.50. The minimum Gasteiger partial charge on any atom is -0.345 e. The maximum Gasteiger partial charge on any atom is 0.255 e. The molecule has 2 aliphatic rings. The molecule has 2 amide bonds. The summed E-state index contributed by atoms with van der Waals surface area (Å²) in [6, 6.07) is 6.06. The van der Waals surface area contributed by atoms with E-state index in [9.17, 15) is 14.4 Å². The van der Waals surface area contributed by atoms with E-state index in [-0.39, 0.29) is 41.5 Å². The average molecular weight is 509 g/mol. The van der Waals surface area contributed by atoms with Crippen molar-refractivity contribution in [1.82, 2.24) is 19.7 Å². The van der Waals surface area contributed by atoms with E-state index in [0.717, 1.165) is 61.5 Å². The minimum absolute atomic E-state index is 0.0109. The zero-order valence-electron chi connectivity index (χ0n) is 23.3. The zero-order chi connectivity index (χ0) is 26.7. The number of aryl methyl sites for hydroxylation is 1. The van der Waals surface area contributed by atoms with Crippen molar-refractivity contribution in [2.75, 3.05) is 27.7 Å². The fourth-order valence-electron chi connectivity index (χ4n) is 6.28. The summed E-state index contributed by atoms with van der Waals surface area (Å²) in [6.07, 6.45) is 9.77. The highest BCUT2D eigenvalue weighted by Gasteiger charge is 2.39. The maximum absolute atomic E-state index is 14.1. The van der Waals surface area contributed by atoms with Gasteiger partial charge in [0.05, 0.1) is 11.6 Å². The standard InChI is InChI=1S/C30H44N4O3/c1-20-13-14-27-25(16-20)26(29(36)32(4)5)19-33(27)18-23-12-9-15-34(23)30(37)24(17-28(35)21(2)31-3)22-10-7-6-8-11-22/h13-14,16,19,21-24,31H,6-12,15,17-18H2,1-5H3. The molecule has 7 nitrogen and oxygen atoms in total. The van der Waals surface area contributed by atoms with Crippen LogP contribution in [0.2, 0.25) is 0 Å². The molecule has 0 bridgehead atoms. The molecule has 3 atom stereocenters. The van der Waals surface area contributed by atoms with Crippen molar-refractivity contribution in [1.29, 1.82) is 0 Å². The summed E-state index contributed by atoms with van der Waals surface area (Å²) in [6.45, 7) is 5.32. The number of ketones is 1. The lowest BCUT2D eigenvalue weighted by Gasteiger charge is -2.35. The first-order chi connectivity index (χ1) is 17.7. The normalized spacial score (nSPS) is 20.2. The number of benzene rings is 1. The fourth-order valence-corrected chi connectivity index (χ4v) is 6.28. The van der Waals surface area contributed by atoms with Crippen LogP contribution in [0.4, 0.5) is 0 Å². The molecule has 1 aliphatic heterocycles. The Morgan fingerprint density at radius 1 is 1.08 bits per heavy atom. The number of carbonyl (C=O) groups is 3. The third-order valence-electron chi connectivity index (χ3n) is 8.61. The van der Waals surface area contributed by atoms with Gasteiger partial charge in [-0.05, 0) is 64.6 Å². The van der Waals surface area contributed by atoms with E-state index in [0.29, 0.717) is 18.5 Å². The largest absolute Gasteiger partial charge is 0.345 e. The number of fused-ring (bicyclic) bond motifs is 1. The molecule has 1 saturated carbocycles. The summed E-state index contributed by atoms with van der Waals surface area (Å²) in [5.74, 6) is 0.321. The predicted molar refractivity (Wildman–Crippen MR) is 148 cm³/mol. The quantitative estimate of drug-likeness (QED) is 0.545. The Labute approximate surface area is 221 Å². The second kappa shape index (κ2) is 11.8. The molecular formula is C30H44N4O3. The lowest BCUT2D eigenvalue weighted by molar-refractivity contribution is -0.141. The smallest absolute Gasteiger partial charge is 0.255 e. The van der Waals surface area contributed by atoms with E-state index in [1.165, 1.54) is 6.42 Å². The Morgan fingerprint density at radius 3 is 2.49 bits per heavy atom. The van der Waals surface area contributed by atoms with Gasteiger partial charge < -0.3 is 19.7 Å². The lowest BCUT2D eigenvalue weighted by atomic mass is 9.76. The van der Waals surface area contributed by atoms with Crippen LogP contribution >= 0.6 is 0 Å². The first kappa shape index (κ1) is 27.4. The summed E-state index contributed by atoms with van der Waals surface area (Å²) in [4.78, 5) is 43.7. The molecule has 1 aliphatic carbocycles. The van der Waals surface area contributed by atoms with Crippen LogP contribution in [0, 0.1) is 18.8 Å². The Hall–Kier alpha value is -2.67. The Kier molecular flexibility index (Phi) is 8.73. The van der Waals surface area contributed by atoms with Gasteiger partial charge in [-0.1, -0.05) is 30.9 Å². The van der Waals surface area contributed by atoms with Crippen molar-refractivity contribution in [3.63, 3.8) is 0 Å². The number of hydrogen-bond acceptors (Lipinski definition) is 4. The third kappa shape index (κ3) is 5.92. The fraction of sp³-hybridized carbons (Fsp3) is 0.633. The van der Waals surface area contributed by atoms with Gasteiger partial charge in [-0.15, -0.1) is 0 Å². The van der Waals surface area contributed by atoms with Gasteiger partial charge in [-0.3, -0.25) is 14.4 Å². The first-order valence-electron chi connectivity index (χ1n) is 14.0. The molecule has 3 unspecified atom stereocenters. The molecular weight excluding hydrogens is 464 g/mol. The number of amides is 2. The topological polar surface area (TPSA) is 74.6 Å². The number of carbonyl (C=O) groups excluding carboxylic acids is 3. The summed E-state index contributed by atoms with van der Waals surface area (Å²) in [7, 11) is 5.36. The van der Waals surface area contributed by atoms with Gasteiger partial charge in [-0.2, -0.15) is 0 Å². The van der Waals surface area contributed by atoms with E-state index in [4.69, 9.17) is 0 Å². The van der Waals surface area contributed by atoms with Crippen LogP contribution in [-0.2, 0) is 16.1 Å². The highest BCUT2D eigenvalue weighted by molar-refractivity contribution is 6.07. The highest BCUT2D eigenvalue weighted by Crippen LogP contribution is 2.35. The van der Waals surface area contributed by atoms with Crippen LogP contribution in [0.3, 0.4) is 0 Å². The number of rotatable bonds is 9. The van der Waals surface area contributed by atoms with Crippen LogP contribution in [0.5, 0.6) is 0 Å². The maximum atomic E-state index is 14.1. The number of nitrogens with zero attached hydrogens (tertiary/aromatic N) is 3. The highest BCUT2D eigenvalue weighted by atomic mass is 16.2. The van der Waals surface area contributed by atoms with E-state index in [2.05, 4.69) is 33.0 Å². The summed E-state index contributed by atoms with van der Waals surface area (Å²) in [5.41, 5.74) is 2.84. The SMILES string of the molecule is CNC(C)C(=O)CC(C(=O)N1CCCC1Cn1cc(C(=O)N(C)C)c2cc(C)ccc21)C1CCCCC1. The van der Waals surface area contributed by atoms with Crippen LogP contribution in [-0.4, -0.2) is 71.7 Å². The molecule has 2 aromatic rings. The third-order valence-corrected chi connectivity index (χ3v) is 8.61. The van der Waals surface area contributed by atoms with Crippen molar-refractivity contribution in [3.05, 3.63) is 35.5 Å².